The Morgan fingerprint density at radius 3 is 2.55 bits per heavy atom. The molecular weight excluding hydrogens is 371 g/mol. The predicted octanol–water partition coefficient (Wildman–Crippen LogP) is 5.15. The van der Waals surface area contributed by atoms with Gasteiger partial charge in [0.2, 0.25) is 0 Å². The van der Waals surface area contributed by atoms with E-state index in [9.17, 15) is 9.18 Å². The highest BCUT2D eigenvalue weighted by atomic mass is 19.1. The Kier molecular flexibility index (Phi) is 6.57. The predicted molar refractivity (Wildman–Crippen MR) is 110 cm³/mol. The zero-order chi connectivity index (χ0) is 20.8. The Morgan fingerprint density at radius 2 is 1.86 bits per heavy atom. The van der Waals surface area contributed by atoms with E-state index < -0.39 is 0 Å². The van der Waals surface area contributed by atoms with Crippen molar-refractivity contribution in [3.05, 3.63) is 83.4 Å². The van der Waals surface area contributed by atoms with E-state index >= 15 is 0 Å². The van der Waals surface area contributed by atoms with Gasteiger partial charge in [0.25, 0.3) is 5.91 Å². The highest BCUT2D eigenvalue weighted by Crippen LogP contribution is 2.24. The highest BCUT2D eigenvalue weighted by molar-refractivity contribution is 6.05. The molecule has 1 atom stereocenters. The Hall–Kier alpha value is -3.25. The second kappa shape index (κ2) is 9.30. The summed E-state index contributed by atoms with van der Waals surface area (Å²) in [7, 11) is 1.66. The van der Waals surface area contributed by atoms with Gasteiger partial charge in [-0.25, -0.2) is 4.39 Å². The third-order valence-corrected chi connectivity index (χ3v) is 4.43. The SMILES string of the molecule is COC(C)Cc1ccc(C(=O)Nc2cccc(Oc3ccc(F)cc3)c2)c(C)n1. The molecule has 1 N–H and O–H groups in total. The lowest BCUT2D eigenvalue weighted by Gasteiger charge is -2.12. The molecule has 29 heavy (non-hydrogen) atoms. The summed E-state index contributed by atoms with van der Waals surface area (Å²) in [6.07, 6.45) is 0.743. The van der Waals surface area contributed by atoms with E-state index in [1.54, 1.807) is 49.6 Å². The molecule has 1 amide bonds. The summed E-state index contributed by atoms with van der Waals surface area (Å²) in [4.78, 5) is 17.2. The molecule has 1 heterocycles. The van der Waals surface area contributed by atoms with Crippen LogP contribution >= 0.6 is 0 Å². The number of hydrogen-bond donors (Lipinski definition) is 1. The van der Waals surface area contributed by atoms with Gasteiger partial charge in [0, 0.05) is 31.0 Å². The number of nitrogens with one attached hydrogen (secondary N) is 1. The van der Waals surface area contributed by atoms with Crippen molar-refractivity contribution < 1.29 is 18.7 Å². The molecule has 3 rings (SSSR count). The maximum Gasteiger partial charge on any atom is 0.257 e. The first-order valence-corrected chi connectivity index (χ1v) is 9.29. The van der Waals surface area contributed by atoms with Crippen LogP contribution in [0.5, 0.6) is 11.5 Å². The second-order valence-electron chi connectivity index (χ2n) is 6.72. The minimum atomic E-state index is -0.329. The largest absolute Gasteiger partial charge is 0.457 e. The summed E-state index contributed by atoms with van der Waals surface area (Å²) in [6.45, 7) is 3.78. The minimum Gasteiger partial charge on any atom is -0.457 e. The second-order valence-corrected chi connectivity index (χ2v) is 6.72. The molecule has 0 saturated heterocycles. The number of pyridine rings is 1. The van der Waals surface area contributed by atoms with Crippen LogP contribution in [0.4, 0.5) is 10.1 Å². The fourth-order valence-corrected chi connectivity index (χ4v) is 2.82. The summed E-state index contributed by atoms with van der Waals surface area (Å²) in [6, 6.07) is 16.4. The molecule has 0 spiro atoms. The van der Waals surface area contributed by atoms with Crippen molar-refractivity contribution in [1.82, 2.24) is 4.98 Å². The summed E-state index contributed by atoms with van der Waals surface area (Å²) < 4.78 is 24.0. The number of benzene rings is 2. The topological polar surface area (TPSA) is 60.5 Å². The van der Waals surface area contributed by atoms with Crippen LogP contribution in [0.15, 0.2) is 60.7 Å². The van der Waals surface area contributed by atoms with Crippen molar-refractivity contribution in [2.75, 3.05) is 12.4 Å². The number of anilines is 1. The third-order valence-electron chi connectivity index (χ3n) is 4.43. The lowest BCUT2D eigenvalue weighted by Crippen LogP contribution is -2.16. The number of rotatable bonds is 7. The lowest BCUT2D eigenvalue weighted by atomic mass is 10.1. The number of carbonyl (C=O) groups excluding carboxylic acids is 1. The van der Waals surface area contributed by atoms with Crippen molar-refractivity contribution in [2.24, 2.45) is 0 Å². The molecule has 6 heteroatoms. The Morgan fingerprint density at radius 1 is 1.10 bits per heavy atom. The number of halogens is 1. The molecule has 150 valence electrons. The van der Waals surface area contributed by atoms with Crippen LogP contribution in [-0.4, -0.2) is 24.1 Å². The molecule has 0 aliphatic rings. The molecule has 0 radical (unpaired) electrons. The van der Waals surface area contributed by atoms with Crippen molar-refractivity contribution in [3.8, 4) is 11.5 Å². The number of hydrogen-bond acceptors (Lipinski definition) is 4. The van der Waals surface area contributed by atoms with Gasteiger partial charge in [0.15, 0.2) is 0 Å². The number of aromatic nitrogens is 1. The first-order valence-electron chi connectivity index (χ1n) is 9.29. The Balaban J connectivity index is 1.69. The van der Waals surface area contributed by atoms with Crippen LogP contribution in [-0.2, 0) is 11.2 Å². The van der Waals surface area contributed by atoms with E-state index in [0.717, 1.165) is 5.69 Å². The van der Waals surface area contributed by atoms with Gasteiger partial charge in [-0.15, -0.1) is 0 Å². The van der Waals surface area contributed by atoms with E-state index in [1.807, 2.05) is 19.9 Å². The summed E-state index contributed by atoms with van der Waals surface area (Å²) >= 11 is 0. The normalized spacial score (nSPS) is 11.7. The molecule has 3 aromatic rings. The van der Waals surface area contributed by atoms with E-state index in [0.29, 0.717) is 34.9 Å². The maximum atomic E-state index is 13.0. The smallest absolute Gasteiger partial charge is 0.257 e. The van der Waals surface area contributed by atoms with Gasteiger partial charge in [-0.05, 0) is 62.4 Å². The molecule has 0 fully saturated rings. The summed E-state index contributed by atoms with van der Waals surface area (Å²) in [5.41, 5.74) is 2.62. The molecule has 2 aromatic carbocycles. The Labute approximate surface area is 169 Å². The highest BCUT2D eigenvalue weighted by Gasteiger charge is 2.13. The zero-order valence-electron chi connectivity index (χ0n) is 16.6. The van der Waals surface area contributed by atoms with E-state index in [2.05, 4.69) is 10.3 Å². The third kappa shape index (κ3) is 5.62. The van der Waals surface area contributed by atoms with Crippen LogP contribution < -0.4 is 10.1 Å². The van der Waals surface area contributed by atoms with Crippen molar-refractivity contribution in [1.29, 1.82) is 0 Å². The number of carbonyl (C=O) groups is 1. The summed E-state index contributed by atoms with van der Waals surface area (Å²) in [5.74, 6) is 0.467. The van der Waals surface area contributed by atoms with Gasteiger partial charge in [-0.1, -0.05) is 6.07 Å². The average molecular weight is 394 g/mol. The maximum absolute atomic E-state index is 13.0. The van der Waals surface area contributed by atoms with E-state index in [-0.39, 0.29) is 17.8 Å². The fourth-order valence-electron chi connectivity index (χ4n) is 2.82. The number of amides is 1. The fraction of sp³-hybridized carbons (Fsp3) is 0.217. The van der Waals surface area contributed by atoms with Gasteiger partial charge in [0.1, 0.15) is 17.3 Å². The van der Waals surface area contributed by atoms with Gasteiger partial charge in [-0.3, -0.25) is 9.78 Å². The van der Waals surface area contributed by atoms with Crippen molar-refractivity contribution in [2.45, 2.75) is 26.4 Å². The van der Waals surface area contributed by atoms with Crippen LogP contribution in [0.2, 0.25) is 0 Å². The number of methoxy groups -OCH3 is 1. The van der Waals surface area contributed by atoms with Gasteiger partial charge >= 0.3 is 0 Å². The average Bonchev–Trinajstić information content (AvgIpc) is 2.70. The monoisotopic (exact) mass is 394 g/mol. The van der Waals surface area contributed by atoms with Crippen LogP contribution in [0, 0.1) is 12.7 Å². The van der Waals surface area contributed by atoms with Gasteiger partial charge < -0.3 is 14.8 Å². The molecule has 0 aliphatic carbocycles. The van der Waals surface area contributed by atoms with E-state index in [4.69, 9.17) is 9.47 Å². The molecule has 1 unspecified atom stereocenters. The molecule has 0 saturated carbocycles. The van der Waals surface area contributed by atoms with Crippen LogP contribution in [0.3, 0.4) is 0 Å². The minimum absolute atomic E-state index is 0.0606. The first-order chi connectivity index (χ1) is 13.9. The molecule has 0 aliphatic heterocycles. The Bertz CT molecular complexity index is 990. The lowest BCUT2D eigenvalue weighted by molar-refractivity contribution is 0.102. The van der Waals surface area contributed by atoms with Crippen molar-refractivity contribution in [3.63, 3.8) is 0 Å². The number of ether oxygens (including phenoxy) is 2. The quantitative estimate of drug-likeness (QED) is 0.602. The molecule has 5 nitrogen and oxygen atoms in total. The van der Waals surface area contributed by atoms with Crippen LogP contribution in [0.25, 0.3) is 0 Å². The van der Waals surface area contributed by atoms with Gasteiger partial charge in [0.05, 0.1) is 17.4 Å². The number of aryl methyl sites for hydroxylation is 1. The molecule has 0 bridgehead atoms. The molecule has 1 aromatic heterocycles. The standard InChI is InChI=1S/C23H23FN2O3/c1-15(28-3)13-19-9-12-22(16(2)25-19)23(27)26-18-5-4-6-21(14-18)29-20-10-7-17(24)8-11-20/h4-12,14-15H,13H2,1-3H3,(H,26,27). The summed E-state index contributed by atoms with van der Waals surface area (Å²) in [5, 5.41) is 2.86. The first kappa shape index (κ1) is 20.5. The molecular formula is C23H23FN2O3. The number of nitrogens with zero attached hydrogens (tertiary/aromatic N) is 1. The van der Waals surface area contributed by atoms with Crippen molar-refractivity contribution >= 4 is 11.6 Å². The van der Waals surface area contributed by atoms with Gasteiger partial charge in [-0.2, -0.15) is 0 Å². The zero-order valence-corrected chi connectivity index (χ0v) is 16.6. The van der Waals surface area contributed by atoms with E-state index in [1.165, 1.54) is 12.1 Å². The van der Waals surface area contributed by atoms with Crippen LogP contribution in [0.1, 0.15) is 28.7 Å².